The summed E-state index contributed by atoms with van der Waals surface area (Å²) in [7, 11) is 0. The SMILES string of the molecule is CCOC(C)=O.O=C1CCCN1. The van der Waals surface area contributed by atoms with Crippen molar-refractivity contribution < 1.29 is 14.3 Å². The molecule has 1 N–H and O–H groups in total. The smallest absolute Gasteiger partial charge is 0.302 e. The first kappa shape index (κ1) is 10.9. The Balaban J connectivity index is 0.000000202. The van der Waals surface area contributed by atoms with Crippen LogP contribution in [0.1, 0.15) is 26.7 Å². The molecule has 0 unspecified atom stereocenters. The van der Waals surface area contributed by atoms with Crippen LogP contribution in [0, 0.1) is 0 Å². The average molecular weight is 173 g/mol. The zero-order valence-electron chi connectivity index (χ0n) is 7.55. The number of carbonyl (C=O) groups is 2. The van der Waals surface area contributed by atoms with Crippen molar-refractivity contribution in [1.29, 1.82) is 0 Å². The summed E-state index contributed by atoms with van der Waals surface area (Å²) in [6, 6.07) is 0. The van der Waals surface area contributed by atoms with E-state index in [0.29, 0.717) is 6.61 Å². The number of hydrogen-bond donors (Lipinski definition) is 1. The molecule has 4 heteroatoms. The fourth-order valence-corrected chi connectivity index (χ4v) is 0.768. The Morgan fingerprint density at radius 1 is 1.67 bits per heavy atom. The summed E-state index contributed by atoms with van der Waals surface area (Å²) < 4.78 is 4.40. The van der Waals surface area contributed by atoms with E-state index in [2.05, 4.69) is 10.1 Å². The second-order valence-corrected chi connectivity index (χ2v) is 2.38. The van der Waals surface area contributed by atoms with Gasteiger partial charge >= 0.3 is 5.97 Å². The van der Waals surface area contributed by atoms with Crippen molar-refractivity contribution >= 4 is 11.9 Å². The van der Waals surface area contributed by atoms with E-state index < -0.39 is 0 Å². The van der Waals surface area contributed by atoms with Crippen molar-refractivity contribution in [1.82, 2.24) is 5.32 Å². The average Bonchev–Trinajstić information content (AvgIpc) is 2.40. The highest BCUT2D eigenvalue weighted by molar-refractivity contribution is 5.77. The van der Waals surface area contributed by atoms with Crippen LogP contribution >= 0.6 is 0 Å². The number of rotatable bonds is 1. The van der Waals surface area contributed by atoms with E-state index in [1.807, 2.05) is 0 Å². The topological polar surface area (TPSA) is 55.4 Å². The lowest BCUT2D eigenvalue weighted by molar-refractivity contribution is -0.140. The third-order valence-electron chi connectivity index (χ3n) is 1.25. The van der Waals surface area contributed by atoms with Crippen molar-refractivity contribution in [3.63, 3.8) is 0 Å². The van der Waals surface area contributed by atoms with E-state index >= 15 is 0 Å². The lowest BCUT2D eigenvalue weighted by Gasteiger charge is -1.89. The van der Waals surface area contributed by atoms with Gasteiger partial charge in [0.1, 0.15) is 0 Å². The molecule has 1 rings (SSSR count). The van der Waals surface area contributed by atoms with Crippen LogP contribution in [0.4, 0.5) is 0 Å². The van der Waals surface area contributed by atoms with E-state index in [1.165, 1.54) is 6.92 Å². The van der Waals surface area contributed by atoms with Crippen molar-refractivity contribution in [3.05, 3.63) is 0 Å². The van der Waals surface area contributed by atoms with Crippen LogP contribution in [0.3, 0.4) is 0 Å². The maximum Gasteiger partial charge on any atom is 0.302 e. The van der Waals surface area contributed by atoms with Crippen LogP contribution in [0.2, 0.25) is 0 Å². The maximum absolute atomic E-state index is 10.1. The largest absolute Gasteiger partial charge is 0.466 e. The minimum absolute atomic E-state index is 0.204. The van der Waals surface area contributed by atoms with Gasteiger partial charge in [-0.2, -0.15) is 0 Å². The molecule has 4 nitrogen and oxygen atoms in total. The van der Waals surface area contributed by atoms with Gasteiger partial charge in [-0.3, -0.25) is 9.59 Å². The Kier molecular flexibility index (Phi) is 6.05. The second kappa shape index (κ2) is 6.64. The van der Waals surface area contributed by atoms with Crippen LogP contribution in [0.5, 0.6) is 0 Å². The van der Waals surface area contributed by atoms with Crippen LogP contribution in [-0.2, 0) is 14.3 Å². The molecule has 0 spiro atoms. The fourth-order valence-electron chi connectivity index (χ4n) is 0.768. The number of hydrogen-bond acceptors (Lipinski definition) is 3. The molecule has 0 bridgehead atoms. The molecular weight excluding hydrogens is 158 g/mol. The Labute approximate surface area is 72.3 Å². The highest BCUT2D eigenvalue weighted by Crippen LogP contribution is 1.93. The Bertz CT molecular complexity index is 148. The van der Waals surface area contributed by atoms with E-state index in [1.54, 1.807) is 6.92 Å². The molecule has 12 heavy (non-hydrogen) atoms. The monoisotopic (exact) mass is 173 g/mol. The lowest BCUT2D eigenvalue weighted by Crippen LogP contribution is -2.12. The third kappa shape index (κ3) is 7.05. The first-order valence-corrected chi connectivity index (χ1v) is 4.07. The number of esters is 1. The summed E-state index contributed by atoms with van der Waals surface area (Å²) in [4.78, 5) is 20.0. The highest BCUT2D eigenvalue weighted by atomic mass is 16.5. The minimum atomic E-state index is -0.211. The molecule has 1 fully saturated rings. The van der Waals surface area contributed by atoms with Gasteiger partial charge in [-0.1, -0.05) is 0 Å². The van der Waals surface area contributed by atoms with Crippen LogP contribution in [-0.4, -0.2) is 25.0 Å². The van der Waals surface area contributed by atoms with Gasteiger partial charge in [0.15, 0.2) is 0 Å². The van der Waals surface area contributed by atoms with Crippen molar-refractivity contribution in [2.75, 3.05) is 13.2 Å². The van der Waals surface area contributed by atoms with E-state index in [9.17, 15) is 9.59 Å². The summed E-state index contributed by atoms with van der Waals surface area (Å²) >= 11 is 0. The number of carbonyl (C=O) groups excluding carboxylic acids is 2. The molecule has 0 aromatic carbocycles. The number of nitrogens with one attached hydrogen (secondary N) is 1. The van der Waals surface area contributed by atoms with Crippen LogP contribution in [0.25, 0.3) is 0 Å². The van der Waals surface area contributed by atoms with Gasteiger partial charge < -0.3 is 10.1 Å². The summed E-state index contributed by atoms with van der Waals surface area (Å²) in [6.07, 6.45) is 1.76. The van der Waals surface area contributed by atoms with Gasteiger partial charge in [-0.15, -0.1) is 0 Å². The first-order chi connectivity index (χ1) is 5.66. The lowest BCUT2D eigenvalue weighted by atomic mass is 10.4. The van der Waals surface area contributed by atoms with Gasteiger partial charge in [-0.25, -0.2) is 0 Å². The van der Waals surface area contributed by atoms with E-state index in [-0.39, 0.29) is 11.9 Å². The molecule has 1 amide bonds. The molecule has 0 aromatic rings. The Morgan fingerprint density at radius 3 is 2.42 bits per heavy atom. The van der Waals surface area contributed by atoms with Gasteiger partial charge in [0, 0.05) is 19.9 Å². The fraction of sp³-hybridized carbons (Fsp3) is 0.750. The maximum atomic E-state index is 10.1. The van der Waals surface area contributed by atoms with E-state index in [4.69, 9.17) is 0 Å². The highest BCUT2D eigenvalue weighted by Gasteiger charge is 2.05. The molecule has 0 radical (unpaired) electrons. The first-order valence-electron chi connectivity index (χ1n) is 4.07. The van der Waals surface area contributed by atoms with Crippen molar-refractivity contribution in [2.45, 2.75) is 26.7 Å². The molecule has 0 aliphatic carbocycles. The molecule has 70 valence electrons. The van der Waals surface area contributed by atoms with Gasteiger partial charge in [0.25, 0.3) is 0 Å². The van der Waals surface area contributed by atoms with Crippen molar-refractivity contribution in [2.24, 2.45) is 0 Å². The number of amides is 1. The standard InChI is InChI=1S/C4H7NO.C4H8O2/c6-4-2-1-3-5-4;1-3-6-4(2)5/h1-3H2,(H,5,6);3H2,1-2H3. The van der Waals surface area contributed by atoms with E-state index in [0.717, 1.165) is 19.4 Å². The zero-order chi connectivity index (χ0) is 9.40. The molecule has 1 aliphatic rings. The number of ether oxygens (including phenoxy) is 1. The molecule has 1 heterocycles. The predicted molar refractivity (Wildman–Crippen MR) is 44.6 cm³/mol. The normalized spacial score (nSPS) is 14.3. The van der Waals surface area contributed by atoms with Crippen LogP contribution < -0.4 is 5.32 Å². The van der Waals surface area contributed by atoms with Gasteiger partial charge in [0.2, 0.25) is 5.91 Å². The summed E-state index contributed by atoms with van der Waals surface area (Å²) in [6.45, 7) is 4.54. The summed E-state index contributed by atoms with van der Waals surface area (Å²) in [5, 5.41) is 2.68. The quantitative estimate of drug-likeness (QED) is 0.586. The predicted octanol–water partition coefficient (Wildman–Crippen LogP) is 0.466. The molecule has 0 atom stereocenters. The molecule has 1 saturated heterocycles. The van der Waals surface area contributed by atoms with Crippen LogP contribution in [0.15, 0.2) is 0 Å². The molecular formula is C8H15NO3. The van der Waals surface area contributed by atoms with Gasteiger partial charge in [0.05, 0.1) is 6.61 Å². The molecule has 0 saturated carbocycles. The molecule has 0 aromatic heterocycles. The summed E-state index contributed by atoms with van der Waals surface area (Å²) in [5.41, 5.74) is 0. The second-order valence-electron chi connectivity index (χ2n) is 2.38. The summed E-state index contributed by atoms with van der Waals surface area (Å²) in [5.74, 6) is -0.00694. The third-order valence-corrected chi connectivity index (χ3v) is 1.25. The zero-order valence-corrected chi connectivity index (χ0v) is 7.55. The van der Waals surface area contributed by atoms with Gasteiger partial charge in [-0.05, 0) is 13.3 Å². The van der Waals surface area contributed by atoms with Crippen molar-refractivity contribution in [3.8, 4) is 0 Å². The minimum Gasteiger partial charge on any atom is -0.466 e. The molecule has 1 aliphatic heterocycles. The Morgan fingerprint density at radius 2 is 2.33 bits per heavy atom. The Hall–Kier alpha value is -1.06.